The number of likely N-dealkylation sites (tertiary alicyclic amines) is 1. The van der Waals surface area contributed by atoms with Gasteiger partial charge in [0, 0.05) is 13.5 Å². The van der Waals surface area contributed by atoms with Gasteiger partial charge in [0.05, 0.1) is 13.2 Å². The summed E-state index contributed by atoms with van der Waals surface area (Å²) in [6, 6.07) is 1.50. The number of sulfonamides is 1. The van der Waals surface area contributed by atoms with Crippen LogP contribution in [-0.4, -0.2) is 50.9 Å². The van der Waals surface area contributed by atoms with Crippen molar-refractivity contribution in [1.29, 1.82) is 0 Å². The van der Waals surface area contributed by atoms with Crippen molar-refractivity contribution in [3.8, 4) is 0 Å². The molecule has 0 aliphatic carbocycles. The van der Waals surface area contributed by atoms with Gasteiger partial charge in [-0.1, -0.05) is 6.07 Å². The van der Waals surface area contributed by atoms with Crippen LogP contribution in [0.1, 0.15) is 13.3 Å². The molecule has 1 saturated heterocycles. The molecule has 1 aromatic rings. The van der Waals surface area contributed by atoms with Crippen LogP contribution in [-0.2, 0) is 24.3 Å². The first-order chi connectivity index (χ1) is 9.86. The molecule has 1 fully saturated rings. The molecule has 2 heterocycles. The van der Waals surface area contributed by atoms with Crippen molar-refractivity contribution in [2.24, 2.45) is 0 Å². The van der Waals surface area contributed by atoms with Crippen molar-refractivity contribution in [1.82, 2.24) is 9.62 Å². The van der Waals surface area contributed by atoms with E-state index in [9.17, 15) is 18.0 Å². The van der Waals surface area contributed by atoms with Crippen molar-refractivity contribution >= 4 is 33.2 Å². The minimum Gasteiger partial charge on any atom is -0.467 e. The fourth-order valence-electron chi connectivity index (χ4n) is 2.36. The summed E-state index contributed by atoms with van der Waals surface area (Å²) in [6.45, 7) is 1.65. The van der Waals surface area contributed by atoms with Crippen molar-refractivity contribution in [2.75, 3.05) is 13.7 Å². The van der Waals surface area contributed by atoms with Gasteiger partial charge in [-0.05, 0) is 17.9 Å². The predicted molar refractivity (Wildman–Crippen MR) is 76.2 cm³/mol. The molecule has 7 nitrogen and oxygen atoms in total. The van der Waals surface area contributed by atoms with Gasteiger partial charge in [-0.25, -0.2) is 17.9 Å². The summed E-state index contributed by atoms with van der Waals surface area (Å²) < 4.78 is 31.8. The van der Waals surface area contributed by atoms with Gasteiger partial charge in [0.1, 0.15) is 10.3 Å². The SMILES string of the molecule is COC(=O)[C@@H]1[C@@H](NS(=O)(=O)c2cccs2)CCN1C(C)=O. The number of esters is 1. The Morgan fingerprint density at radius 1 is 1.48 bits per heavy atom. The lowest BCUT2D eigenvalue weighted by atomic mass is 10.1. The van der Waals surface area contributed by atoms with Crippen LogP contribution in [0.2, 0.25) is 0 Å². The number of amides is 1. The Kier molecular flexibility index (Phi) is 4.64. The molecule has 2 rings (SSSR count). The van der Waals surface area contributed by atoms with Crippen molar-refractivity contribution < 1.29 is 22.7 Å². The van der Waals surface area contributed by atoms with E-state index < -0.39 is 28.1 Å². The van der Waals surface area contributed by atoms with Gasteiger partial charge >= 0.3 is 5.97 Å². The van der Waals surface area contributed by atoms with Crippen LogP contribution in [0, 0.1) is 0 Å². The number of rotatable bonds is 4. The largest absolute Gasteiger partial charge is 0.467 e. The first-order valence-electron chi connectivity index (χ1n) is 6.27. The molecule has 0 unspecified atom stereocenters. The Bertz CT molecular complexity index is 626. The second kappa shape index (κ2) is 6.12. The van der Waals surface area contributed by atoms with Crippen LogP contribution in [0.15, 0.2) is 21.7 Å². The molecule has 0 radical (unpaired) electrons. The Balaban J connectivity index is 2.23. The van der Waals surface area contributed by atoms with E-state index in [1.807, 2.05) is 0 Å². The van der Waals surface area contributed by atoms with Crippen LogP contribution >= 0.6 is 11.3 Å². The normalized spacial score (nSPS) is 22.3. The number of carbonyl (C=O) groups excluding carboxylic acids is 2. The smallest absolute Gasteiger partial charge is 0.330 e. The Labute approximate surface area is 126 Å². The number of hydrogen-bond donors (Lipinski definition) is 1. The molecule has 1 amide bonds. The first-order valence-corrected chi connectivity index (χ1v) is 8.64. The molecule has 0 saturated carbocycles. The summed E-state index contributed by atoms with van der Waals surface area (Å²) in [5.74, 6) is -0.912. The molecule has 9 heteroatoms. The first kappa shape index (κ1) is 15.9. The Morgan fingerprint density at radius 2 is 2.19 bits per heavy atom. The number of thiophene rings is 1. The standard InChI is InChI=1S/C12H16N2O5S2/c1-8(15)14-6-5-9(11(14)12(16)19-2)13-21(17,18)10-4-3-7-20-10/h3-4,7,9,11,13H,5-6H2,1-2H3/t9-,11-/m0/s1. The minimum absolute atomic E-state index is 0.174. The fraction of sp³-hybridized carbons (Fsp3) is 0.500. The third-order valence-corrected chi connectivity index (χ3v) is 6.20. The van der Waals surface area contributed by atoms with E-state index in [2.05, 4.69) is 9.46 Å². The monoisotopic (exact) mass is 332 g/mol. The number of nitrogens with zero attached hydrogens (tertiary/aromatic N) is 1. The number of methoxy groups -OCH3 is 1. The maximum absolute atomic E-state index is 12.2. The predicted octanol–water partition coefficient (Wildman–Crippen LogP) is 0.189. The number of carbonyl (C=O) groups is 2. The average molecular weight is 332 g/mol. The third kappa shape index (κ3) is 3.25. The van der Waals surface area contributed by atoms with E-state index in [0.717, 1.165) is 11.3 Å². The van der Waals surface area contributed by atoms with Crippen LogP contribution in [0.3, 0.4) is 0 Å². The second-order valence-corrected chi connectivity index (χ2v) is 7.52. The van der Waals surface area contributed by atoms with Gasteiger partial charge in [0.15, 0.2) is 0 Å². The lowest BCUT2D eigenvalue weighted by Gasteiger charge is -2.25. The highest BCUT2D eigenvalue weighted by Gasteiger charge is 2.43. The second-order valence-electron chi connectivity index (χ2n) is 4.63. The lowest BCUT2D eigenvalue weighted by molar-refractivity contribution is -0.150. The van der Waals surface area contributed by atoms with Crippen LogP contribution in [0.25, 0.3) is 0 Å². The summed E-state index contributed by atoms with van der Waals surface area (Å²) in [5.41, 5.74) is 0. The zero-order chi connectivity index (χ0) is 15.6. The molecule has 2 atom stereocenters. The average Bonchev–Trinajstić information content (AvgIpc) is 3.06. The van der Waals surface area contributed by atoms with E-state index >= 15 is 0 Å². The van der Waals surface area contributed by atoms with E-state index in [-0.39, 0.29) is 10.1 Å². The molecule has 1 aliphatic heterocycles. The summed E-state index contributed by atoms with van der Waals surface area (Å²) in [4.78, 5) is 24.7. The zero-order valence-electron chi connectivity index (χ0n) is 11.6. The van der Waals surface area contributed by atoms with E-state index in [1.54, 1.807) is 11.4 Å². The van der Waals surface area contributed by atoms with E-state index in [1.165, 1.54) is 25.0 Å². The summed E-state index contributed by atoms with van der Waals surface area (Å²) in [5, 5.41) is 1.66. The highest BCUT2D eigenvalue weighted by molar-refractivity contribution is 7.91. The Hall–Kier alpha value is -1.45. The Morgan fingerprint density at radius 3 is 2.71 bits per heavy atom. The molecule has 1 aromatic heterocycles. The number of hydrogen-bond acceptors (Lipinski definition) is 6. The van der Waals surface area contributed by atoms with E-state index in [0.29, 0.717) is 13.0 Å². The maximum atomic E-state index is 12.2. The van der Waals surface area contributed by atoms with Gasteiger partial charge in [0.25, 0.3) is 0 Å². The highest BCUT2D eigenvalue weighted by atomic mass is 32.2. The summed E-state index contributed by atoms with van der Waals surface area (Å²) in [6.07, 6.45) is 0.365. The molecule has 0 aromatic carbocycles. The van der Waals surface area contributed by atoms with Crippen molar-refractivity contribution in [3.05, 3.63) is 17.5 Å². The van der Waals surface area contributed by atoms with Crippen LogP contribution in [0.5, 0.6) is 0 Å². The molecular weight excluding hydrogens is 316 g/mol. The molecule has 116 valence electrons. The summed E-state index contributed by atoms with van der Waals surface area (Å²) in [7, 11) is -2.49. The van der Waals surface area contributed by atoms with Gasteiger partial charge in [-0.3, -0.25) is 4.79 Å². The molecule has 1 N–H and O–H groups in total. The zero-order valence-corrected chi connectivity index (χ0v) is 13.2. The quantitative estimate of drug-likeness (QED) is 0.795. The topological polar surface area (TPSA) is 92.8 Å². The fourth-order valence-corrected chi connectivity index (χ4v) is 4.64. The molecule has 0 spiro atoms. The molecule has 0 bridgehead atoms. The summed E-state index contributed by atoms with van der Waals surface area (Å²) >= 11 is 1.09. The van der Waals surface area contributed by atoms with Crippen molar-refractivity contribution in [3.63, 3.8) is 0 Å². The number of ether oxygens (including phenoxy) is 1. The lowest BCUT2D eigenvalue weighted by Crippen LogP contribution is -2.50. The van der Waals surface area contributed by atoms with Crippen LogP contribution in [0.4, 0.5) is 0 Å². The van der Waals surface area contributed by atoms with Gasteiger partial charge in [-0.2, -0.15) is 0 Å². The molecule has 1 aliphatic rings. The molecular formula is C12H16N2O5S2. The third-order valence-electron chi connectivity index (χ3n) is 3.31. The maximum Gasteiger partial charge on any atom is 0.330 e. The van der Waals surface area contributed by atoms with Crippen molar-refractivity contribution in [2.45, 2.75) is 29.6 Å². The minimum atomic E-state index is -3.70. The van der Waals surface area contributed by atoms with Gasteiger partial charge < -0.3 is 9.64 Å². The van der Waals surface area contributed by atoms with Gasteiger partial charge in [-0.15, -0.1) is 11.3 Å². The highest BCUT2D eigenvalue weighted by Crippen LogP contribution is 2.23. The number of nitrogens with one attached hydrogen (secondary N) is 1. The van der Waals surface area contributed by atoms with Crippen LogP contribution < -0.4 is 4.72 Å². The van der Waals surface area contributed by atoms with E-state index in [4.69, 9.17) is 0 Å². The van der Waals surface area contributed by atoms with Gasteiger partial charge in [0.2, 0.25) is 15.9 Å². The molecule has 21 heavy (non-hydrogen) atoms.